The monoisotopic (exact) mass is 241 g/mol. The Labute approximate surface area is 86.1 Å². The molecular formula is C10H12BrNO. The van der Waals surface area contributed by atoms with Crippen molar-refractivity contribution in [2.75, 3.05) is 0 Å². The van der Waals surface area contributed by atoms with Crippen LogP contribution in [0.25, 0.3) is 0 Å². The van der Waals surface area contributed by atoms with Gasteiger partial charge in [-0.25, -0.2) is 0 Å². The van der Waals surface area contributed by atoms with Gasteiger partial charge in [0, 0.05) is 21.9 Å². The number of hydrogen-bond acceptors (Lipinski definition) is 2. The van der Waals surface area contributed by atoms with Crippen LogP contribution in [0.1, 0.15) is 31.0 Å². The number of aliphatic hydroxyl groups is 1. The van der Waals surface area contributed by atoms with Gasteiger partial charge in [-0.3, -0.25) is 4.98 Å². The average Bonchev–Trinajstić information content (AvgIpc) is 2.45. The summed E-state index contributed by atoms with van der Waals surface area (Å²) in [5.41, 5.74) is 1.42. The Balaban J connectivity index is 2.52. The fourth-order valence-electron chi connectivity index (χ4n) is 1.90. The van der Waals surface area contributed by atoms with Crippen molar-refractivity contribution in [3.63, 3.8) is 0 Å². The summed E-state index contributed by atoms with van der Waals surface area (Å²) in [4.78, 5) is 4.30. The molecule has 0 aromatic carbocycles. The van der Waals surface area contributed by atoms with E-state index in [1.165, 1.54) is 0 Å². The summed E-state index contributed by atoms with van der Waals surface area (Å²) in [6, 6.07) is 1.98. The van der Waals surface area contributed by atoms with Gasteiger partial charge >= 0.3 is 0 Å². The highest BCUT2D eigenvalue weighted by Crippen LogP contribution is 2.39. The van der Waals surface area contributed by atoms with Crippen molar-refractivity contribution < 1.29 is 5.11 Å². The number of fused-ring (bicyclic) bond motifs is 1. The Kier molecular flexibility index (Phi) is 2.16. The van der Waals surface area contributed by atoms with E-state index in [1.54, 1.807) is 6.20 Å². The number of halogens is 1. The second-order valence-corrected chi connectivity index (χ2v) is 4.45. The minimum Gasteiger partial charge on any atom is -0.385 e. The van der Waals surface area contributed by atoms with Gasteiger partial charge in [-0.1, -0.05) is 6.92 Å². The Morgan fingerprint density at radius 2 is 2.46 bits per heavy atom. The van der Waals surface area contributed by atoms with Gasteiger partial charge in [0.1, 0.15) is 0 Å². The lowest BCUT2D eigenvalue weighted by Gasteiger charge is -2.21. The third kappa shape index (κ3) is 1.40. The average molecular weight is 242 g/mol. The fraction of sp³-hybridized carbons (Fsp3) is 0.500. The molecule has 0 bridgehead atoms. The van der Waals surface area contributed by atoms with Crippen LogP contribution in [-0.4, -0.2) is 10.1 Å². The molecule has 1 aromatic heterocycles. The van der Waals surface area contributed by atoms with E-state index in [4.69, 9.17) is 0 Å². The Morgan fingerprint density at radius 3 is 3.15 bits per heavy atom. The molecule has 0 amide bonds. The molecule has 2 rings (SSSR count). The quantitative estimate of drug-likeness (QED) is 0.820. The van der Waals surface area contributed by atoms with E-state index in [9.17, 15) is 5.11 Å². The minimum atomic E-state index is -0.633. The van der Waals surface area contributed by atoms with Gasteiger partial charge in [0.25, 0.3) is 0 Å². The van der Waals surface area contributed by atoms with Crippen molar-refractivity contribution in [3.05, 3.63) is 28.0 Å². The molecule has 1 heterocycles. The van der Waals surface area contributed by atoms with Gasteiger partial charge < -0.3 is 5.11 Å². The summed E-state index contributed by atoms with van der Waals surface area (Å²) in [6.07, 6.45) is 4.26. The summed E-state index contributed by atoms with van der Waals surface area (Å²) < 4.78 is 0.944. The maximum absolute atomic E-state index is 10.2. The van der Waals surface area contributed by atoms with Crippen LogP contribution in [-0.2, 0) is 12.0 Å². The summed E-state index contributed by atoms with van der Waals surface area (Å²) in [7, 11) is 0. The standard InChI is InChI=1S/C10H12BrNO/c1-2-10(13)4-3-9-8(10)5-7(11)6-12-9/h5-6,13H,2-4H2,1H3. The van der Waals surface area contributed by atoms with Crippen molar-refractivity contribution in [1.29, 1.82) is 0 Å². The summed E-state index contributed by atoms with van der Waals surface area (Å²) in [5.74, 6) is 0. The lowest BCUT2D eigenvalue weighted by atomic mass is 9.94. The van der Waals surface area contributed by atoms with Crippen LogP contribution in [0, 0.1) is 0 Å². The van der Waals surface area contributed by atoms with Gasteiger partial charge in [0.2, 0.25) is 0 Å². The van der Waals surface area contributed by atoms with Crippen LogP contribution in [0.4, 0.5) is 0 Å². The number of aryl methyl sites for hydroxylation is 1. The Morgan fingerprint density at radius 1 is 1.69 bits per heavy atom. The molecule has 1 N–H and O–H groups in total. The Bertz CT molecular complexity index is 340. The molecule has 13 heavy (non-hydrogen) atoms. The first kappa shape index (κ1) is 9.16. The van der Waals surface area contributed by atoms with Gasteiger partial charge in [0.15, 0.2) is 0 Å². The van der Waals surface area contributed by atoms with Gasteiger partial charge in [-0.2, -0.15) is 0 Å². The molecule has 1 aliphatic rings. The number of nitrogens with zero attached hydrogens (tertiary/aromatic N) is 1. The number of hydrogen-bond donors (Lipinski definition) is 1. The third-order valence-corrected chi connectivity index (χ3v) is 3.23. The Hall–Kier alpha value is -0.410. The molecule has 0 spiro atoms. The van der Waals surface area contributed by atoms with Gasteiger partial charge in [-0.05, 0) is 41.3 Å². The number of rotatable bonds is 1. The molecule has 0 saturated heterocycles. The van der Waals surface area contributed by atoms with E-state index in [0.717, 1.165) is 35.0 Å². The first-order valence-corrected chi connectivity index (χ1v) is 5.32. The molecule has 1 atom stereocenters. The van der Waals surface area contributed by atoms with Crippen LogP contribution >= 0.6 is 15.9 Å². The summed E-state index contributed by atoms with van der Waals surface area (Å²) in [5, 5.41) is 10.2. The molecule has 0 aliphatic heterocycles. The van der Waals surface area contributed by atoms with E-state index >= 15 is 0 Å². The van der Waals surface area contributed by atoms with E-state index in [2.05, 4.69) is 20.9 Å². The molecule has 2 nitrogen and oxygen atoms in total. The molecule has 70 valence electrons. The second kappa shape index (κ2) is 3.07. The van der Waals surface area contributed by atoms with E-state index in [0.29, 0.717) is 0 Å². The smallest absolute Gasteiger partial charge is 0.0915 e. The predicted octanol–water partition coefficient (Wildman–Crippen LogP) is 2.39. The van der Waals surface area contributed by atoms with Crippen molar-refractivity contribution in [2.45, 2.75) is 31.8 Å². The number of pyridine rings is 1. The summed E-state index contributed by atoms with van der Waals surface area (Å²) >= 11 is 3.37. The molecule has 0 radical (unpaired) electrons. The first-order valence-electron chi connectivity index (χ1n) is 4.53. The lowest BCUT2D eigenvalue weighted by Crippen LogP contribution is -2.20. The van der Waals surface area contributed by atoms with E-state index in [1.807, 2.05) is 13.0 Å². The van der Waals surface area contributed by atoms with Crippen molar-refractivity contribution >= 4 is 15.9 Å². The zero-order valence-corrected chi connectivity index (χ0v) is 9.13. The third-order valence-electron chi connectivity index (χ3n) is 2.80. The highest BCUT2D eigenvalue weighted by molar-refractivity contribution is 9.10. The molecular weight excluding hydrogens is 230 g/mol. The highest BCUT2D eigenvalue weighted by atomic mass is 79.9. The van der Waals surface area contributed by atoms with E-state index < -0.39 is 5.60 Å². The second-order valence-electron chi connectivity index (χ2n) is 3.53. The molecule has 3 heteroatoms. The maximum atomic E-state index is 10.2. The lowest BCUT2D eigenvalue weighted by molar-refractivity contribution is 0.0345. The zero-order chi connectivity index (χ0) is 9.47. The van der Waals surface area contributed by atoms with Crippen LogP contribution in [0.3, 0.4) is 0 Å². The van der Waals surface area contributed by atoms with Crippen molar-refractivity contribution in [3.8, 4) is 0 Å². The van der Waals surface area contributed by atoms with Crippen LogP contribution in [0.2, 0.25) is 0 Å². The SMILES string of the molecule is CCC1(O)CCc2ncc(Br)cc21. The molecule has 1 aromatic rings. The van der Waals surface area contributed by atoms with Crippen LogP contribution < -0.4 is 0 Å². The zero-order valence-electron chi connectivity index (χ0n) is 7.55. The van der Waals surface area contributed by atoms with Crippen LogP contribution in [0.5, 0.6) is 0 Å². The van der Waals surface area contributed by atoms with Crippen LogP contribution in [0.15, 0.2) is 16.7 Å². The maximum Gasteiger partial charge on any atom is 0.0915 e. The fourth-order valence-corrected chi connectivity index (χ4v) is 2.23. The van der Waals surface area contributed by atoms with Crippen molar-refractivity contribution in [1.82, 2.24) is 4.98 Å². The van der Waals surface area contributed by atoms with Crippen molar-refractivity contribution in [2.24, 2.45) is 0 Å². The topological polar surface area (TPSA) is 33.1 Å². The normalized spacial score (nSPS) is 26.1. The molecule has 0 saturated carbocycles. The summed E-state index contributed by atoms with van der Waals surface area (Å²) in [6.45, 7) is 2.01. The first-order chi connectivity index (χ1) is 6.15. The predicted molar refractivity (Wildman–Crippen MR) is 54.4 cm³/mol. The van der Waals surface area contributed by atoms with Gasteiger partial charge in [-0.15, -0.1) is 0 Å². The highest BCUT2D eigenvalue weighted by Gasteiger charge is 2.35. The minimum absolute atomic E-state index is 0.633. The number of aromatic nitrogens is 1. The molecule has 0 fully saturated rings. The van der Waals surface area contributed by atoms with E-state index in [-0.39, 0.29) is 0 Å². The van der Waals surface area contributed by atoms with Gasteiger partial charge in [0.05, 0.1) is 5.60 Å². The molecule has 1 unspecified atom stereocenters. The molecule has 1 aliphatic carbocycles. The largest absolute Gasteiger partial charge is 0.385 e.